The number of hydrogen-bond acceptors (Lipinski definition) is 9. The lowest BCUT2D eigenvalue weighted by Gasteiger charge is -2.35. The smallest absolute Gasteiger partial charge is 0.258 e. The van der Waals surface area contributed by atoms with E-state index in [2.05, 4.69) is 25.4 Å². The maximum absolute atomic E-state index is 13.5. The van der Waals surface area contributed by atoms with E-state index in [-0.39, 0.29) is 18.6 Å². The first-order valence-electron chi connectivity index (χ1n) is 12.8. The molecule has 4 N–H and O–H groups in total. The number of rotatable bonds is 5. The van der Waals surface area contributed by atoms with Crippen LogP contribution in [0.4, 0.5) is 23.0 Å². The normalized spacial score (nSPS) is 18.5. The fourth-order valence-corrected chi connectivity index (χ4v) is 5.12. The zero-order valence-electron chi connectivity index (χ0n) is 20.7. The number of nitrogens with zero attached hydrogens (tertiary/aromatic N) is 4. The molecule has 4 bridgehead atoms. The van der Waals surface area contributed by atoms with Crippen molar-refractivity contribution in [1.29, 1.82) is 0 Å². The molecule has 2 aliphatic rings. The van der Waals surface area contributed by atoms with Crippen LogP contribution in [0.15, 0.2) is 48.8 Å². The molecular weight excluding hydrogens is 490 g/mol. The molecule has 0 radical (unpaired) electrons. The van der Waals surface area contributed by atoms with Crippen molar-refractivity contribution >= 4 is 40.9 Å². The minimum absolute atomic E-state index is 0.0964. The van der Waals surface area contributed by atoms with Gasteiger partial charge in [0.15, 0.2) is 5.82 Å². The Hall–Kier alpha value is -3.28. The van der Waals surface area contributed by atoms with Crippen molar-refractivity contribution in [3.8, 4) is 5.69 Å². The lowest BCUT2D eigenvalue weighted by atomic mass is 10.0. The number of anilines is 4. The van der Waals surface area contributed by atoms with Crippen molar-refractivity contribution in [3.63, 3.8) is 0 Å². The topological polar surface area (TPSA) is 117 Å². The van der Waals surface area contributed by atoms with Gasteiger partial charge in [0.1, 0.15) is 11.5 Å². The fraction of sp³-hybridized carbons (Fsp3) is 0.423. The molecule has 37 heavy (non-hydrogen) atoms. The highest BCUT2D eigenvalue weighted by atomic mass is 32.2. The van der Waals surface area contributed by atoms with Crippen LogP contribution in [0.5, 0.6) is 0 Å². The number of benzene rings is 1. The van der Waals surface area contributed by atoms with Gasteiger partial charge < -0.3 is 30.1 Å². The summed E-state index contributed by atoms with van der Waals surface area (Å²) >= 11 is 1.43. The zero-order chi connectivity index (χ0) is 25.5. The Morgan fingerprint density at radius 2 is 2.14 bits per heavy atom. The van der Waals surface area contributed by atoms with Gasteiger partial charge in [-0.15, -0.1) is 0 Å². The first kappa shape index (κ1) is 25.4. The molecule has 1 saturated heterocycles. The highest BCUT2D eigenvalue weighted by Crippen LogP contribution is 2.31. The molecule has 196 valence electrons. The summed E-state index contributed by atoms with van der Waals surface area (Å²) in [5.41, 5.74) is 3.14. The van der Waals surface area contributed by atoms with E-state index in [4.69, 9.17) is 14.8 Å². The third kappa shape index (κ3) is 6.35. The molecule has 1 fully saturated rings. The SMILES string of the molecule is O=C1Nc2ccc(-n3cccn3)c(n2)NCCCCOC2CCCN(C2)c2cc(NSCCO)ccc21. The Bertz CT molecular complexity index is 1190. The molecule has 3 aromatic rings. The minimum Gasteiger partial charge on any atom is -0.395 e. The summed E-state index contributed by atoms with van der Waals surface area (Å²) in [6, 6.07) is 11.3. The largest absolute Gasteiger partial charge is 0.395 e. The van der Waals surface area contributed by atoms with Gasteiger partial charge in [0, 0.05) is 50.1 Å². The Morgan fingerprint density at radius 1 is 1.19 bits per heavy atom. The Morgan fingerprint density at radius 3 is 3.00 bits per heavy atom. The number of aliphatic hydroxyl groups excluding tert-OH is 1. The summed E-state index contributed by atoms with van der Waals surface area (Å²) in [5.74, 6) is 1.50. The number of piperidine rings is 1. The van der Waals surface area contributed by atoms with Crippen LogP contribution in [0, 0.1) is 0 Å². The highest BCUT2D eigenvalue weighted by Gasteiger charge is 2.25. The van der Waals surface area contributed by atoms with Crippen LogP contribution in [0.25, 0.3) is 5.69 Å². The van der Waals surface area contributed by atoms with E-state index in [9.17, 15) is 4.79 Å². The van der Waals surface area contributed by atoms with Gasteiger partial charge in [0.25, 0.3) is 5.91 Å². The second-order valence-electron chi connectivity index (χ2n) is 9.09. The van der Waals surface area contributed by atoms with Crippen LogP contribution < -0.4 is 20.3 Å². The molecule has 1 unspecified atom stereocenters. The van der Waals surface area contributed by atoms with Gasteiger partial charge in [-0.1, -0.05) is 11.9 Å². The van der Waals surface area contributed by atoms with Gasteiger partial charge in [-0.25, -0.2) is 9.67 Å². The van der Waals surface area contributed by atoms with Gasteiger partial charge in [-0.2, -0.15) is 5.10 Å². The van der Waals surface area contributed by atoms with E-state index in [1.54, 1.807) is 16.9 Å². The van der Waals surface area contributed by atoms with Gasteiger partial charge in [-0.05, 0) is 62.1 Å². The molecule has 2 aromatic heterocycles. The van der Waals surface area contributed by atoms with Gasteiger partial charge in [0.2, 0.25) is 0 Å². The number of pyridine rings is 1. The predicted octanol–water partition coefficient (Wildman–Crippen LogP) is 3.76. The predicted molar refractivity (Wildman–Crippen MR) is 148 cm³/mol. The average molecular weight is 524 g/mol. The molecular formula is C26H33N7O3S. The second kappa shape index (κ2) is 12.3. The second-order valence-corrected chi connectivity index (χ2v) is 9.99. The molecule has 1 amide bonds. The molecule has 1 atom stereocenters. The quantitative estimate of drug-likeness (QED) is 0.293. The van der Waals surface area contributed by atoms with E-state index in [0.717, 1.165) is 62.4 Å². The van der Waals surface area contributed by atoms with Crippen LogP contribution in [0.2, 0.25) is 0 Å². The lowest BCUT2D eigenvalue weighted by Crippen LogP contribution is -2.40. The van der Waals surface area contributed by atoms with Crippen LogP contribution in [0.3, 0.4) is 0 Å². The summed E-state index contributed by atoms with van der Waals surface area (Å²) in [7, 11) is 0. The molecule has 0 saturated carbocycles. The van der Waals surface area contributed by atoms with Crippen molar-refractivity contribution in [1.82, 2.24) is 14.8 Å². The molecule has 10 nitrogen and oxygen atoms in total. The van der Waals surface area contributed by atoms with Crippen LogP contribution in [-0.4, -0.2) is 70.5 Å². The summed E-state index contributed by atoms with van der Waals surface area (Å²) in [6.45, 7) is 3.14. The Kier molecular flexibility index (Phi) is 8.44. The summed E-state index contributed by atoms with van der Waals surface area (Å²) in [4.78, 5) is 20.5. The number of amides is 1. The van der Waals surface area contributed by atoms with E-state index in [1.807, 2.05) is 36.5 Å². The number of aromatic nitrogens is 3. The van der Waals surface area contributed by atoms with Gasteiger partial charge in [0.05, 0.1) is 24.0 Å². The third-order valence-corrected chi connectivity index (χ3v) is 7.20. The fourth-order valence-electron chi connectivity index (χ4n) is 4.64. The van der Waals surface area contributed by atoms with Crippen molar-refractivity contribution in [2.45, 2.75) is 31.8 Å². The molecule has 2 aliphatic heterocycles. The van der Waals surface area contributed by atoms with E-state index in [0.29, 0.717) is 29.6 Å². The number of hydrogen-bond donors (Lipinski definition) is 4. The van der Waals surface area contributed by atoms with E-state index >= 15 is 0 Å². The summed E-state index contributed by atoms with van der Waals surface area (Å²) in [5, 5.41) is 19.9. The first-order valence-corrected chi connectivity index (χ1v) is 13.8. The van der Waals surface area contributed by atoms with E-state index < -0.39 is 0 Å². The maximum atomic E-state index is 13.5. The molecule has 0 aliphatic carbocycles. The molecule has 1 aromatic carbocycles. The number of fused-ring (bicyclic) bond motifs is 6. The number of aliphatic hydroxyl groups is 1. The number of nitrogens with one attached hydrogen (secondary N) is 3. The van der Waals surface area contributed by atoms with Crippen molar-refractivity contribution in [2.75, 3.05) is 58.9 Å². The number of ether oxygens (including phenoxy) is 1. The van der Waals surface area contributed by atoms with Crippen LogP contribution in [0.1, 0.15) is 36.0 Å². The lowest BCUT2D eigenvalue weighted by molar-refractivity contribution is 0.0417. The van der Waals surface area contributed by atoms with Gasteiger partial charge in [-0.3, -0.25) is 4.79 Å². The average Bonchev–Trinajstić information content (AvgIpc) is 3.45. The van der Waals surface area contributed by atoms with Gasteiger partial charge >= 0.3 is 0 Å². The number of carbonyl (C=O) groups excluding carboxylic acids is 1. The first-order chi connectivity index (χ1) is 18.2. The van der Waals surface area contributed by atoms with Crippen molar-refractivity contribution in [3.05, 3.63) is 54.4 Å². The number of carbonyl (C=O) groups is 1. The highest BCUT2D eigenvalue weighted by molar-refractivity contribution is 8.00. The van der Waals surface area contributed by atoms with Crippen molar-refractivity contribution in [2.24, 2.45) is 0 Å². The zero-order valence-corrected chi connectivity index (χ0v) is 21.5. The molecule has 5 rings (SSSR count). The Balaban J connectivity index is 1.47. The monoisotopic (exact) mass is 523 g/mol. The standard InChI is InChI=1S/C26H33N7O3S/c34-14-16-37-31-19-6-7-21-23(17-19)32-12-3-5-20(18-32)36-15-2-1-10-27-25-22(33-13-4-11-28-33)8-9-24(29-25)30-26(21)35/h4,6-9,11,13,17,20,31,34H,1-3,5,10,12,14-16,18H2,(H2,27,29,30,35). The summed E-state index contributed by atoms with van der Waals surface area (Å²) in [6.07, 6.45) is 7.64. The van der Waals surface area contributed by atoms with Crippen LogP contribution >= 0.6 is 11.9 Å². The maximum Gasteiger partial charge on any atom is 0.258 e. The Labute approximate surface area is 220 Å². The minimum atomic E-state index is -0.218. The van der Waals surface area contributed by atoms with Crippen molar-refractivity contribution < 1.29 is 14.6 Å². The third-order valence-electron chi connectivity index (χ3n) is 6.43. The molecule has 0 spiro atoms. The van der Waals surface area contributed by atoms with Crippen LogP contribution in [-0.2, 0) is 4.74 Å². The summed E-state index contributed by atoms with van der Waals surface area (Å²) < 4.78 is 11.3. The molecule has 11 heteroatoms. The molecule has 4 heterocycles. The van der Waals surface area contributed by atoms with E-state index in [1.165, 1.54) is 11.9 Å².